The third-order valence-electron chi connectivity index (χ3n) is 4.79. The molecule has 2 fully saturated rings. The number of amides is 2. The number of carbonyl (C=O) groups is 1. The molecule has 2 atom stereocenters. The minimum Gasteiger partial charge on any atom is -0.373 e. The molecule has 3 rings (SSSR count). The number of hydrogen-bond donors (Lipinski definition) is 1. The molecule has 7 heteroatoms. The van der Waals surface area contributed by atoms with Crippen LogP contribution in [0.15, 0.2) is 12.4 Å². The van der Waals surface area contributed by atoms with E-state index in [2.05, 4.69) is 21.5 Å². The molecule has 128 valence electrons. The van der Waals surface area contributed by atoms with E-state index in [-0.39, 0.29) is 17.7 Å². The lowest BCUT2D eigenvalue weighted by Crippen LogP contribution is -2.51. The van der Waals surface area contributed by atoms with Gasteiger partial charge in [-0.25, -0.2) is 4.79 Å². The standard InChI is InChI=1S/C16H27N5O2/c1-19(2)15(22)18-14-4-7-23-16(8-14)5-6-21(12-16)11-13-9-17-20(3)10-13/h9-10,14H,4-8,11-12H2,1-3H3,(H,18,22)/t14-,16+/m0/s1. The molecule has 0 saturated carbocycles. The summed E-state index contributed by atoms with van der Waals surface area (Å²) in [6.07, 6.45) is 6.81. The van der Waals surface area contributed by atoms with Crippen LogP contribution in [0.5, 0.6) is 0 Å². The zero-order valence-electron chi connectivity index (χ0n) is 14.3. The summed E-state index contributed by atoms with van der Waals surface area (Å²) in [6, 6.07) is 0.189. The van der Waals surface area contributed by atoms with Crippen LogP contribution in [0.2, 0.25) is 0 Å². The Morgan fingerprint density at radius 1 is 1.57 bits per heavy atom. The van der Waals surface area contributed by atoms with Gasteiger partial charge in [0.15, 0.2) is 0 Å². The number of carbonyl (C=O) groups excluding carboxylic acids is 1. The number of aryl methyl sites for hydroxylation is 1. The smallest absolute Gasteiger partial charge is 0.317 e. The van der Waals surface area contributed by atoms with Gasteiger partial charge >= 0.3 is 6.03 Å². The summed E-state index contributed by atoms with van der Waals surface area (Å²) >= 11 is 0. The summed E-state index contributed by atoms with van der Waals surface area (Å²) in [5, 5.41) is 7.34. The summed E-state index contributed by atoms with van der Waals surface area (Å²) in [4.78, 5) is 15.9. The van der Waals surface area contributed by atoms with Crippen LogP contribution in [0.25, 0.3) is 0 Å². The van der Waals surface area contributed by atoms with Crippen molar-refractivity contribution >= 4 is 6.03 Å². The molecular formula is C16H27N5O2. The number of aromatic nitrogens is 2. The van der Waals surface area contributed by atoms with Gasteiger partial charge in [-0.1, -0.05) is 0 Å². The topological polar surface area (TPSA) is 62.6 Å². The summed E-state index contributed by atoms with van der Waals surface area (Å²) in [5.74, 6) is 0. The van der Waals surface area contributed by atoms with Crippen LogP contribution in [-0.2, 0) is 18.3 Å². The second kappa shape index (κ2) is 6.49. The van der Waals surface area contributed by atoms with Crippen molar-refractivity contribution in [1.29, 1.82) is 0 Å². The highest BCUT2D eigenvalue weighted by molar-refractivity contribution is 5.73. The molecule has 0 bridgehead atoms. The van der Waals surface area contributed by atoms with E-state index in [9.17, 15) is 4.79 Å². The SMILES string of the molecule is CN(C)C(=O)N[C@H]1CCO[C@]2(CCN(Cc3cnn(C)c3)C2)C1. The molecule has 1 spiro atoms. The molecule has 2 amide bonds. The van der Waals surface area contributed by atoms with Crippen molar-refractivity contribution in [3.8, 4) is 0 Å². The molecule has 3 heterocycles. The highest BCUT2D eigenvalue weighted by atomic mass is 16.5. The lowest BCUT2D eigenvalue weighted by atomic mass is 9.89. The van der Waals surface area contributed by atoms with Gasteiger partial charge in [-0.05, 0) is 19.3 Å². The van der Waals surface area contributed by atoms with Crippen molar-refractivity contribution < 1.29 is 9.53 Å². The van der Waals surface area contributed by atoms with Crippen LogP contribution in [-0.4, -0.2) is 71.0 Å². The Morgan fingerprint density at radius 2 is 2.39 bits per heavy atom. The van der Waals surface area contributed by atoms with E-state index in [1.54, 1.807) is 19.0 Å². The van der Waals surface area contributed by atoms with E-state index in [1.807, 2.05) is 17.9 Å². The fraction of sp³-hybridized carbons (Fsp3) is 0.750. The van der Waals surface area contributed by atoms with Gasteiger partial charge in [0.25, 0.3) is 0 Å². The van der Waals surface area contributed by atoms with Crippen molar-refractivity contribution in [2.24, 2.45) is 7.05 Å². The minimum atomic E-state index is -0.106. The van der Waals surface area contributed by atoms with E-state index in [1.165, 1.54) is 5.56 Å². The van der Waals surface area contributed by atoms with Crippen LogP contribution in [0, 0.1) is 0 Å². The second-order valence-corrected chi connectivity index (χ2v) is 7.05. The van der Waals surface area contributed by atoms with Gasteiger partial charge in [0.05, 0.1) is 11.8 Å². The Hall–Kier alpha value is -1.60. The molecule has 2 aliphatic heterocycles. The molecule has 1 N–H and O–H groups in total. The van der Waals surface area contributed by atoms with Crippen LogP contribution >= 0.6 is 0 Å². The Labute approximate surface area is 137 Å². The van der Waals surface area contributed by atoms with Gasteiger partial charge in [0, 0.05) is 65.2 Å². The number of ether oxygens (including phenoxy) is 1. The van der Waals surface area contributed by atoms with Gasteiger partial charge < -0.3 is 15.0 Å². The lowest BCUT2D eigenvalue weighted by Gasteiger charge is -2.38. The maximum atomic E-state index is 11.9. The molecule has 1 aromatic rings. The number of nitrogens with zero attached hydrogens (tertiary/aromatic N) is 4. The highest BCUT2D eigenvalue weighted by Crippen LogP contribution is 2.34. The Kier molecular flexibility index (Phi) is 4.59. The first kappa shape index (κ1) is 16.3. The number of urea groups is 1. The van der Waals surface area contributed by atoms with Crippen molar-refractivity contribution in [3.05, 3.63) is 18.0 Å². The van der Waals surface area contributed by atoms with Crippen molar-refractivity contribution in [3.63, 3.8) is 0 Å². The van der Waals surface area contributed by atoms with Gasteiger partial charge in [-0.3, -0.25) is 9.58 Å². The van der Waals surface area contributed by atoms with Crippen LogP contribution in [0.1, 0.15) is 24.8 Å². The van der Waals surface area contributed by atoms with E-state index >= 15 is 0 Å². The molecule has 0 aliphatic carbocycles. The van der Waals surface area contributed by atoms with Crippen molar-refractivity contribution in [1.82, 2.24) is 24.9 Å². The molecule has 0 unspecified atom stereocenters. The first-order chi connectivity index (χ1) is 11.0. The highest BCUT2D eigenvalue weighted by Gasteiger charge is 2.43. The molecule has 2 aliphatic rings. The Bertz CT molecular complexity index is 558. The molecule has 1 aromatic heterocycles. The van der Waals surface area contributed by atoms with Gasteiger partial charge in [-0.2, -0.15) is 5.10 Å². The predicted molar refractivity (Wildman–Crippen MR) is 87.0 cm³/mol. The van der Waals surface area contributed by atoms with Crippen molar-refractivity contribution in [2.75, 3.05) is 33.8 Å². The summed E-state index contributed by atoms with van der Waals surface area (Å²) in [7, 11) is 5.49. The molecule has 0 aromatic carbocycles. The second-order valence-electron chi connectivity index (χ2n) is 7.05. The molecule has 23 heavy (non-hydrogen) atoms. The summed E-state index contributed by atoms with van der Waals surface area (Å²) in [5.41, 5.74) is 1.13. The largest absolute Gasteiger partial charge is 0.373 e. The van der Waals surface area contributed by atoms with Gasteiger partial charge in [0.1, 0.15) is 0 Å². The monoisotopic (exact) mass is 321 g/mol. The third-order valence-corrected chi connectivity index (χ3v) is 4.79. The quantitative estimate of drug-likeness (QED) is 0.895. The Morgan fingerprint density at radius 3 is 3.09 bits per heavy atom. The summed E-state index contributed by atoms with van der Waals surface area (Å²) in [6.45, 7) is 3.59. The Balaban J connectivity index is 1.56. The maximum absolute atomic E-state index is 11.9. The van der Waals surface area contributed by atoms with Crippen molar-refractivity contribution in [2.45, 2.75) is 37.5 Å². The summed E-state index contributed by atoms with van der Waals surface area (Å²) < 4.78 is 7.98. The van der Waals surface area contributed by atoms with Crippen LogP contribution < -0.4 is 5.32 Å². The number of nitrogens with one attached hydrogen (secondary N) is 1. The van der Waals surface area contributed by atoms with E-state index in [4.69, 9.17) is 4.74 Å². The minimum absolute atomic E-state index is 0.0164. The number of likely N-dealkylation sites (tertiary alicyclic amines) is 1. The molecular weight excluding hydrogens is 294 g/mol. The average molecular weight is 321 g/mol. The fourth-order valence-electron chi connectivity index (χ4n) is 3.61. The molecule has 2 saturated heterocycles. The first-order valence-corrected chi connectivity index (χ1v) is 8.27. The van der Waals surface area contributed by atoms with E-state index in [0.717, 1.165) is 45.5 Å². The normalized spacial score (nSPS) is 28.2. The zero-order chi connectivity index (χ0) is 16.4. The molecule has 7 nitrogen and oxygen atoms in total. The lowest BCUT2D eigenvalue weighted by molar-refractivity contribution is -0.0792. The first-order valence-electron chi connectivity index (χ1n) is 8.27. The predicted octanol–water partition coefficient (Wildman–Crippen LogP) is 0.815. The van der Waals surface area contributed by atoms with Gasteiger partial charge in [-0.15, -0.1) is 0 Å². The number of hydrogen-bond acceptors (Lipinski definition) is 4. The number of rotatable bonds is 3. The fourth-order valence-corrected chi connectivity index (χ4v) is 3.61. The van der Waals surface area contributed by atoms with Crippen LogP contribution in [0.4, 0.5) is 4.79 Å². The van der Waals surface area contributed by atoms with Crippen LogP contribution in [0.3, 0.4) is 0 Å². The average Bonchev–Trinajstić information content (AvgIpc) is 3.06. The van der Waals surface area contributed by atoms with Gasteiger partial charge in [0.2, 0.25) is 0 Å². The third kappa shape index (κ3) is 3.84. The maximum Gasteiger partial charge on any atom is 0.317 e. The molecule has 0 radical (unpaired) electrons. The van der Waals surface area contributed by atoms with E-state index < -0.39 is 0 Å². The zero-order valence-corrected chi connectivity index (χ0v) is 14.3. The van der Waals surface area contributed by atoms with E-state index in [0.29, 0.717) is 0 Å².